The number of pyridine rings is 1. The summed E-state index contributed by atoms with van der Waals surface area (Å²) in [5.74, 6) is 0. The van der Waals surface area contributed by atoms with Crippen molar-refractivity contribution < 1.29 is 4.74 Å². The first-order chi connectivity index (χ1) is 7.27. The highest BCUT2D eigenvalue weighted by Gasteiger charge is 2.12. The SMILES string of the molecule is Nc1cncc(Br)c1NN1CCOCC1. The minimum absolute atomic E-state index is 0.635. The summed E-state index contributed by atoms with van der Waals surface area (Å²) in [7, 11) is 0. The van der Waals surface area contributed by atoms with Gasteiger partial charge in [-0.1, -0.05) is 0 Å². The van der Waals surface area contributed by atoms with E-state index in [2.05, 4.69) is 31.3 Å². The Bertz CT molecular complexity index is 321. The number of nitrogens with one attached hydrogen (secondary N) is 1. The lowest BCUT2D eigenvalue weighted by Gasteiger charge is -2.28. The molecule has 0 spiro atoms. The van der Waals surface area contributed by atoms with Crippen molar-refractivity contribution in [3.05, 3.63) is 16.9 Å². The first kappa shape index (κ1) is 10.7. The van der Waals surface area contributed by atoms with Gasteiger partial charge in [-0.25, -0.2) is 5.01 Å². The number of hydrazine groups is 1. The number of ether oxygens (including phenoxy) is 1. The number of morpholine rings is 1. The number of hydrogen-bond donors (Lipinski definition) is 2. The summed E-state index contributed by atoms with van der Waals surface area (Å²) in [6.45, 7) is 3.20. The molecule has 6 heteroatoms. The quantitative estimate of drug-likeness (QED) is 0.844. The molecule has 0 saturated carbocycles. The maximum atomic E-state index is 5.83. The van der Waals surface area contributed by atoms with Crippen LogP contribution in [0.4, 0.5) is 11.4 Å². The second kappa shape index (κ2) is 4.78. The molecule has 0 aliphatic carbocycles. The summed E-state index contributed by atoms with van der Waals surface area (Å²) in [5, 5.41) is 2.08. The molecule has 0 unspecified atom stereocenters. The van der Waals surface area contributed by atoms with Crippen LogP contribution in [0.3, 0.4) is 0 Å². The van der Waals surface area contributed by atoms with Crippen LogP contribution in [0.15, 0.2) is 16.9 Å². The minimum Gasteiger partial charge on any atom is -0.396 e. The summed E-state index contributed by atoms with van der Waals surface area (Å²) in [6.07, 6.45) is 3.35. The van der Waals surface area contributed by atoms with Crippen molar-refractivity contribution in [1.29, 1.82) is 0 Å². The molecule has 2 rings (SSSR count). The molecule has 1 aliphatic rings. The predicted molar refractivity (Wildman–Crippen MR) is 62.4 cm³/mol. The van der Waals surface area contributed by atoms with Gasteiger partial charge in [-0.15, -0.1) is 0 Å². The van der Waals surface area contributed by atoms with Crippen LogP contribution in [0.2, 0.25) is 0 Å². The third-order valence-electron chi connectivity index (χ3n) is 2.21. The molecule has 0 bridgehead atoms. The first-order valence-electron chi connectivity index (χ1n) is 4.75. The molecule has 1 aromatic heterocycles. The Morgan fingerprint density at radius 2 is 2.13 bits per heavy atom. The lowest BCUT2D eigenvalue weighted by atomic mass is 10.3. The van der Waals surface area contributed by atoms with Crippen molar-refractivity contribution in [3.63, 3.8) is 0 Å². The highest BCUT2D eigenvalue weighted by atomic mass is 79.9. The number of aromatic nitrogens is 1. The normalized spacial score (nSPS) is 17.7. The molecular formula is C9H13BrN4O. The molecule has 3 N–H and O–H groups in total. The van der Waals surface area contributed by atoms with Crippen molar-refractivity contribution in [3.8, 4) is 0 Å². The lowest BCUT2D eigenvalue weighted by Crippen LogP contribution is -2.40. The number of nitrogen functional groups attached to an aromatic ring is 1. The Morgan fingerprint density at radius 1 is 1.40 bits per heavy atom. The summed E-state index contributed by atoms with van der Waals surface area (Å²) in [4.78, 5) is 3.98. The van der Waals surface area contributed by atoms with Crippen molar-refractivity contribution in [2.24, 2.45) is 0 Å². The second-order valence-electron chi connectivity index (χ2n) is 3.30. The van der Waals surface area contributed by atoms with E-state index in [4.69, 9.17) is 10.5 Å². The molecule has 0 aromatic carbocycles. The van der Waals surface area contributed by atoms with E-state index in [1.54, 1.807) is 12.4 Å². The summed E-state index contributed by atoms with van der Waals surface area (Å²) >= 11 is 3.41. The average molecular weight is 273 g/mol. The summed E-state index contributed by atoms with van der Waals surface area (Å²) < 4.78 is 6.13. The van der Waals surface area contributed by atoms with Crippen LogP contribution in [0.5, 0.6) is 0 Å². The highest BCUT2D eigenvalue weighted by molar-refractivity contribution is 9.10. The lowest BCUT2D eigenvalue weighted by molar-refractivity contribution is 0.0497. The fourth-order valence-corrected chi connectivity index (χ4v) is 1.84. The number of rotatable bonds is 2. The number of hydrogen-bond acceptors (Lipinski definition) is 5. The van der Waals surface area contributed by atoms with Gasteiger partial charge in [-0.3, -0.25) is 4.98 Å². The van der Waals surface area contributed by atoms with Gasteiger partial charge in [0.1, 0.15) is 0 Å². The Labute approximate surface area is 96.7 Å². The third kappa shape index (κ3) is 2.58. The van der Waals surface area contributed by atoms with Gasteiger partial charge in [-0.2, -0.15) is 0 Å². The first-order valence-corrected chi connectivity index (χ1v) is 5.55. The van der Waals surface area contributed by atoms with Gasteiger partial charge in [0.2, 0.25) is 0 Å². The van der Waals surface area contributed by atoms with Gasteiger partial charge < -0.3 is 15.9 Å². The summed E-state index contributed by atoms with van der Waals surface area (Å²) in [6, 6.07) is 0. The molecule has 5 nitrogen and oxygen atoms in total. The molecule has 1 saturated heterocycles. The van der Waals surface area contributed by atoms with Crippen molar-refractivity contribution in [2.45, 2.75) is 0 Å². The van der Waals surface area contributed by atoms with Crippen molar-refractivity contribution in [2.75, 3.05) is 37.5 Å². The fourth-order valence-electron chi connectivity index (χ4n) is 1.40. The Hall–Kier alpha value is -0.850. The zero-order valence-corrected chi connectivity index (χ0v) is 9.83. The maximum absolute atomic E-state index is 5.83. The van der Waals surface area contributed by atoms with Crippen LogP contribution in [0.25, 0.3) is 0 Å². The van der Waals surface area contributed by atoms with E-state index in [-0.39, 0.29) is 0 Å². The Morgan fingerprint density at radius 3 is 2.80 bits per heavy atom. The largest absolute Gasteiger partial charge is 0.396 e. The van der Waals surface area contributed by atoms with Crippen LogP contribution in [0.1, 0.15) is 0 Å². The number of anilines is 2. The average Bonchev–Trinajstić information content (AvgIpc) is 2.25. The maximum Gasteiger partial charge on any atom is 0.0895 e. The fraction of sp³-hybridized carbons (Fsp3) is 0.444. The van der Waals surface area contributed by atoms with E-state index in [1.807, 2.05) is 0 Å². The second-order valence-corrected chi connectivity index (χ2v) is 4.15. The Balaban J connectivity index is 2.09. The van der Waals surface area contributed by atoms with Crippen LogP contribution in [-0.4, -0.2) is 36.3 Å². The van der Waals surface area contributed by atoms with E-state index in [1.165, 1.54) is 0 Å². The molecule has 1 fully saturated rings. The van der Waals surface area contributed by atoms with Crippen LogP contribution >= 0.6 is 15.9 Å². The third-order valence-corrected chi connectivity index (χ3v) is 2.81. The van der Waals surface area contributed by atoms with Gasteiger partial charge in [-0.05, 0) is 15.9 Å². The minimum atomic E-state index is 0.635. The van der Waals surface area contributed by atoms with Crippen LogP contribution in [0, 0.1) is 0 Å². The van der Waals surface area contributed by atoms with Gasteiger partial charge in [0, 0.05) is 19.3 Å². The van der Waals surface area contributed by atoms with E-state index in [9.17, 15) is 0 Å². The van der Waals surface area contributed by atoms with Crippen molar-refractivity contribution >= 4 is 27.3 Å². The van der Waals surface area contributed by atoms with E-state index >= 15 is 0 Å². The van der Waals surface area contributed by atoms with Gasteiger partial charge >= 0.3 is 0 Å². The van der Waals surface area contributed by atoms with E-state index < -0.39 is 0 Å². The van der Waals surface area contributed by atoms with Crippen LogP contribution < -0.4 is 11.2 Å². The molecule has 15 heavy (non-hydrogen) atoms. The van der Waals surface area contributed by atoms with Gasteiger partial charge in [0.05, 0.1) is 35.3 Å². The molecule has 0 atom stereocenters. The molecule has 2 heterocycles. The van der Waals surface area contributed by atoms with Crippen LogP contribution in [-0.2, 0) is 4.74 Å². The monoisotopic (exact) mass is 272 g/mol. The molecule has 1 aromatic rings. The van der Waals surface area contributed by atoms with Gasteiger partial charge in [0.15, 0.2) is 0 Å². The van der Waals surface area contributed by atoms with E-state index in [0.29, 0.717) is 5.69 Å². The molecular weight excluding hydrogens is 260 g/mol. The molecule has 82 valence electrons. The smallest absolute Gasteiger partial charge is 0.0895 e. The highest BCUT2D eigenvalue weighted by Crippen LogP contribution is 2.27. The zero-order valence-electron chi connectivity index (χ0n) is 8.24. The van der Waals surface area contributed by atoms with Gasteiger partial charge in [0.25, 0.3) is 0 Å². The molecule has 0 amide bonds. The van der Waals surface area contributed by atoms with Crippen molar-refractivity contribution in [1.82, 2.24) is 9.99 Å². The topological polar surface area (TPSA) is 63.4 Å². The summed E-state index contributed by atoms with van der Waals surface area (Å²) in [5.41, 5.74) is 10.6. The number of nitrogens with zero attached hydrogens (tertiary/aromatic N) is 2. The standard InChI is InChI=1S/C9H13BrN4O/c10-7-5-12-6-8(11)9(7)13-14-1-3-15-4-2-14/h5-6H,1-4,11H2,(H,12,13). The molecule has 1 aliphatic heterocycles. The molecule has 0 radical (unpaired) electrons. The Kier molecular flexibility index (Phi) is 3.40. The number of halogens is 1. The zero-order chi connectivity index (χ0) is 10.7. The number of nitrogens with two attached hydrogens (primary N) is 1. The van der Waals surface area contributed by atoms with E-state index in [0.717, 1.165) is 36.5 Å². The predicted octanol–water partition coefficient (Wildman–Crippen LogP) is 1.09.